The van der Waals surface area contributed by atoms with E-state index in [0.717, 1.165) is 0 Å². The summed E-state index contributed by atoms with van der Waals surface area (Å²) in [5.41, 5.74) is 1.83. The number of nitriles is 1. The van der Waals surface area contributed by atoms with Crippen LogP contribution in [0.25, 0.3) is 22.4 Å². The second kappa shape index (κ2) is 6.40. The van der Waals surface area contributed by atoms with Crippen molar-refractivity contribution in [2.75, 3.05) is 0 Å². The highest BCUT2D eigenvalue weighted by atomic mass is 35.5. The van der Waals surface area contributed by atoms with Crippen LogP contribution in [-0.4, -0.2) is 10.1 Å². The number of halogens is 2. The summed E-state index contributed by atoms with van der Waals surface area (Å²) in [5.74, 6) is -0.0469. The van der Waals surface area contributed by atoms with Crippen molar-refractivity contribution in [3.05, 3.63) is 74.5 Å². The first-order valence-electron chi connectivity index (χ1n) is 6.92. The molecule has 3 aromatic rings. The lowest BCUT2D eigenvalue weighted by atomic mass is 9.99. The van der Waals surface area contributed by atoms with Gasteiger partial charge in [0.25, 0.3) is 5.56 Å². The largest absolute Gasteiger partial charge is 0.506 e. The zero-order valence-corrected chi connectivity index (χ0v) is 13.7. The van der Waals surface area contributed by atoms with Crippen LogP contribution in [-0.2, 0) is 0 Å². The van der Waals surface area contributed by atoms with Gasteiger partial charge in [0, 0.05) is 16.3 Å². The van der Waals surface area contributed by atoms with E-state index in [4.69, 9.17) is 23.2 Å². The molecule has 0 aliphatic rings. The van der Waals surface area contributed by atoms with Crippen LogP contribution in [0.5, 0.6) is 5.75 Å². The lowest BCUT2D eigenvalue weighted by molar-refractivity contribution is 0.475. The van der Waals surface area contributed by atoms with Crippen molar-refractivity contribution >= 4 is 23.2 Å². The molecule has 0 aliphatic carbocycles. The third-order valence-corrected chi connectivity index (χ3v) is 4.11. The van der Waals surface area contributed by atoms with Gasteiger partial charge in [0.15, 0.2) is 0 Å². The fourth-order valence-electron chi connectivity index (χ4n) is 2.36. The molecule has 2 N–H and O–H groups in total. The molecule has 0 radical (unpaired) electrons. The first kappa shape index (κ1) is 16.1. The van der Waals surface area contributed by atoms with Crippen LogP contribution in [0.3, 0.4) is 0 Å². The maximum absolute atomic E-state index is 12.3. The molecule has 0 unspecified atom stereocenters. The normalized spacial score (nSPS) is 10.4. The Hall–Kier alpha value is -2.74. The Kier molecular flexibility index (Phi) is 4.30. The van der Waals surface area contributed by atoms with Crippen molar-refractivity contribution < 1.29 is 5.11 Å². The first-order chi connectivity index (χ1) is 11.5. The predicted octanol–water partition coefficient (Wildman–Crippen LogP) is 4.59. The molecule has 4 nitrogen and oxygen atoms in total. The average Bonchev–Trinajstić information content (AvgIpc) is 2.57. The van der Waals surface area contributed by atoms with Gasteiger partial charge in [0.05, 0.1) is 5.02 Å². The lowest BCUT2D eigenvalue weighted by Crippen LogP contribution is -2.12. The zero-order chi connectivity index (χ0) is 17.3. The Morgan fingerprint density at radius 3 is 2.29 bits per heavy atom. The molecule has 2 aromatic carbocycles. The summed E-state index contributed by atoms with van der Waals surface area (Å²) < 4.78 is 0. The van der Waals surface area contributed by atoms with Crippen molar-refractivity contribution in [1.29, 1.82) is 5.26 Å². The molecule has 1 aromatic heterocycles. The van der Waals surface area contributed by atoms with Crippen molar-refractivity contribution in [2.45, 2.75) is 0 Å². The summed E-state index contributed by atoms with van der Waals surface area (Å²) in [6, 6.07) is 15.1. The van der Waals surface area contributed by atoms with Gasteiger partial charge in [-0.15, -0.1) is 0 Å². The van der Waals surface area contributed by atoms with Crippen molar-refractivity contribution in [2.24, 2.45) is 0 Å². The maximum Gasteiger partial charge on any atom is 0.266 e. The topological polar surface area (TPSA) is 76.9 Å². The SMILES string of the molecule is N#Cc1c(-c2ccc(Cl)cc2)cc(-c2ccc(O)c(Cl)c2)[nH]c1=O. The molecular formula is C18H10Cl2N2O2. The summed E-state index contributed by atoms with van der Waals surface area (Å²) in [4.78, 5) is 14.9. The number of aromatic nitrogens is 1. The smallest absolute Gasteiger partial charge is 0.266 e. The number of nitrogens with one attached hydrogen (secondary N) is 1. The summed E-state index contributed by atoms with van der Waals surface area (Å²) in [5, 5.41) is 19.6. The first-order valence-corrected chi connectivity index (χ1v) is 7.67. The van der Waals surface area contributed by atoms with Crippen molar-refractivity contribution in [1.82, 2.24) is 4.98 Å². The number of H-pyrrole nitrogens is 1. The second-order valence-corrected chi connectivity index (χ2v) is 5.93. The van der Waals surface area contributed by atoms with E-state index in [0.29, 0.717) is 27.4 Å². The van der Waals surface area contributed by atoms with Crippen LogP contribution in [0.15, 0.2) is 53.3 Å². The molecule has 1 heterocycles. The van der Waals surface area contributed by atoms with E-state index in [1.807, 2.05) is 6.07 Å². The Morgan fingerprint density at radius 2 is 1.67 bits per heavy atom. The Bertz CT molecular complexity index is 1020. The number of phenols is 1. The van der Waals surface area contributed by atoms with Crippen LogP contribution in [0, 0.1) is 11.3 Å². The number of pyridine rings is 1. The highest BCUT2D eigenvalue weighted by Gasteiger charge is 2.13. The van der Waals surface area contributed by atoms with E-state index in [9.17, 15) is 15.2 Å². The molecule has 0 spiro atoms. The molecule has 118 valence electrons. The highest BCUT2D eigenvalue weighted by molar-refractivity contribution is 6.32. The number of hydrogen-bond acceptors (Lipinski definition) is 3. The van der Waals surface area contributed by atoms with Gasteiger partial charge in [0.1, 0.15) is 17.4 Å². The quantitative estimate of drug-likeness (QED) is 0.704. The number of aromatic hydroxyl groups is 1. The minimum atomic E-state index is -0.496. The number of aromatic amines is 1. The minimum Gasteiger partial charge on any atom is -0.506 e. The van der Waals surface area contributed by atoms with Gasteiger partial charge in [-0.2, -0.15) is 5.26 Å². The summed E-state index contributed by atoms with van der Waals surface area (Å²) in [7, 11) is 0. The molecule has 0 aliphatic heterocycles. The predicted molar refractivity (Wildman–Crippen MR) is 94.3 cm³/mol. The van der Waals surface area contributed by atoms with Gasteiger partial charge in [-0.05, 0) is 47.5 Å². The number of benzene rings is 2. The molecule has 6 heteroatoms. The van der Waals surface area contributed by atoms with Crippen LogP contribution in [0.1, 0.15) is 5.56 Å². The Labute approximate surface area is 147 Å². The molecule has 3 rings (SSSR count). The molecule has 0 fully saturated rings. The fraction of sp³-hybridized carbons (Fsp3) is 0. The Morgan fingerprint density at radius 1 is 1.00 bits per heavy atom. The summed E-state index contributed by atoms with van der Waals surface area (Å²) >= 11 is 11.8. The van der Waals surface area contributed by atoms with Gasteiger partial charge in [-0.1, -0.05) is 35.3 Å². The van der Waals surface area contributed by atoms with Crippen LogP contribution in [0.2, 0.25) is 10.0 Å². The van der Waals surface area contributed by atoms with Crippen LogP contribution < -0.4 is 5.56 Å². The van der Waals surface area contributed by atoms with E-state index < -0.39 is 5.56 Å². The number of rotatable bonds is 2. The number of nitrogens with zero attached hydrogens (tertiary/aromatic N) is 1. The molecule has 24 heavy (non-hydrogen) atoms. The molecule has 0 saturated heterocycles. The zero-order valence-electron chi connectivity index (χ0n) is 12.2. The minimum absolute atomic E-state index is 0.0194. The van der Waals surface area contributed by atoms with Gasteiger partial charge in [0.2, 0.25) is 0 Å². The Balaban J connectivity index is 2.23. The summed E-state index contributed by atoms with van der Waals surface area (Å²) in [6.07, 6.45) is 0. The number of phenolic OH excluding ortho intramolecular Hbond substituents is 1. The highest BCUT2D eigenvalue weighted by Crippen LogP contribution is 2.31. The third-order valence-electron chi connectivity index (χ3n) is 3.56. The standard InChI is InChI=1S/C18H10Cl2N2O2/c19-12-4-1-10(2-5-12)13-8-16(22-18(24)14(13)9-21)11-3-6-17(23)15(20)7-11/h1-8,23H,(H,22,24). The van der Waals surface area contributed by atoms with Gasteiger partial charge in [-0.3, -0.25) is 4.79 Å². The van der Waals surface area contributed by atoms with E-state index in [-0.39, 0.29) is 16.3 Å². The van der Waals surface area contributed by atoms with E-state index >= 15 is 0 Å². The van der Waals surface area contributed by atoms with Gasteiger partial charge in [-0.25, -0.2) is 0 Å². The van der Waals surface area contributed by atoms with Gasteiger partial charge >= 0.3 is 0 Å². The fourth-order valence-corrected chi connectivity index (χ4v) is 2.66. The monoisotopic (exact) mass is 356 g/mol. The van der Waals surface area contributed by atoms with E-state index in [1.165, 1.54) is 6.07 Å². The third kappa shape index (κ3) is 3.00. The molecule has 0 amide bonds. The van der Waals surface area contributed by atoms with Crippen molar-refractivity contribution in [3.63, 3.8) is 0 Å². The lowest BCUT2D eigenvalue weighted by Gasteiger charge is -2.09. The molecule has 0 atom stereocenters. The van der Waals surface area contributed by atoms with E-state index in [2.05, 4.69) is 4.98 Å². The summed E-state index contributed by atoms with van der Waals surface area (Å²) in [6.45, 7) is 0. The van der Waals surface area contributed by atoms with Gasteiger partial charge < -0.3 is 10.1 Å². The molecule has 0 saturated carbocycles. The number of hydrogen-bond donors (Lipinski definition) is 2. The maximum atomic E-state index is 12.3. The van der Waals surface area contributed by atoms with Crippen LogP contribution in [0.4, 0.5) is 0 Å². The molecule has 0 bridgehead atoms. The average molecular weight is 357 g/mol. The van der Waals surface area contributed by atoms with Crippen LogP contribution >= 0.6 is 23.2 Å². The van der Waals surface area contributed by atoms with E-state index in [1.54, 1.807) is 42.5 Å². The van der Waals surface area contributed by atoms with Crippen molar-refractivity contribution in [3.8, 4) is 34.2 Å². The molecular weight excluding hydrogens is 347 g/mol. The second-order valence-electron chi connectivity index (χ2n) is 5.09.